The fourth-order valence-electron chi connectivity index (χ4n) is 4.79. The predicted molar refractivity (Wildman–Crippen MR) is 150 cm³/mol. The number of methoxy groups -OCH3 is 1. The van der Waals surface area contributed by atoms with Gasteiger partial charge in [0.1, 0.15) is 11.8 Å². The number of rotatable bonds is 12. The van der Waals surface area contributed by atoms with Gasteiger partial charge in [-0.05, 0) is 29.7 Å². The number of amides is 2. The van der Waals surface area contributed by atoms with Crippen LogP contribution in [0.25, 0.3) is 10.9 Å². The summed E-state index contributed by atoms with van der Waals surface area (Å²) < 4.78 is 12.7. The summed E-state index contributed by atoms with van der Waals surface area (Å²) in [5.74, 6) is -2.80. The van der Waals surface area contributed by atoms with Crippen LogP contribution in [-0.4, -0.2) is 47.9 Å². The Hall–Kier alpha value is -4.92. The molecule has 0 spiro atoms. The van der Waals surface area contributed by atoms with E-state index < -0.39 is 36.2 Å². The second-order valence-electron chi connectivity index (χ2n) is 9.21. The summed E-state index contributed by atoms with van der Waals surface area (Å²) in [5.41, 5.74) is 8.75. The van der Waals surface area contributed by atoms with Crippen molar-refractivity contribution in [1.82, 2.24) is 9.88 Å². The number of nitrogens with one attached hydrogen (secondary N) is 1. The lowest BCUT2D eigenvalue weighted by Crippen LogP contribution is -2.44. The highest BCUT2D eigenvalue weighted by molar-refractivity contribution is 6.45. The molecule has 0 aliphatic rings. The predicted octanol–water partition coefficient (Wildman–Crippen LogP) is 3.20. The van der Waals surface area contributed by atoms with Gasteiger partial charge in [-0.2, -0.15) is 0 Å². The monoisotopic (exact) mass is 541 g/mol. The van der Waals surface area contributed by atoms with E-state index in [1.807, 2.05) is 78.2 Å². The van der Waals surface area contributed by atoms with E-state index in [9.17, 15) is 19.2 Å². The molecule has 9 heteroatoms. The zero-order chi connectivity index (χ0) is 28.6. The van der Waals surface area contributed by atoms with Crippen molar-refractivity contribution in [3.8, 4) is 5.75 Å². The molecule has 0 radical (unpaired) electrons. The minimum Gasteiger partial charge on any atom is -0.483 e. The molecule has 3 aromatic carbocycles. The van der Waals surface area contributed by atoms with Crippen LogP contribution in [0.4, 0.5) is 0 Å². The molecule has 0 aliphatic heterocycles. The maximum Gasteiger partial charge on any atom is 0.328 e. The van der Waals surface area contributed by atoms with Gasteiger partial charge in [-0.3, -0.25) is 14.4 Å². The molecule has 4 aromatic rings. The highest BCUT2D eigenvalue weighted by Crippen LogP contribution is 2.35. The summed E-state index contributed by atoms with van der Waals surface area (Å²) in [6.07, 6.45) is 0.699. The zero-order valence-electron chi connectivity index (χ0n) is 22.4. The lowest BCUT2D eigenvalue weighted by Gasteiger charge is -2.17. The Balaban J connectivity index is 1.65. The summed E-state index contributed by atoms with van der Waals surface area (Å²) in [7, 11) is 1.26. The number of hydrogen-bond donors (Lipinski definition) is 2. The molecule has 206 valence electrons. The van der Waals surface area contributed by atoms with Crippen molar-refractivity contribution in [1.29, 1.82) is 0 Å². The van der Waals surface area contributed by atoms with Gasteiger partial charge in [0, 0.05) is 18.7 Å². The number of Topliss-reactive ketones (excluding diaryl/α,β-unsaturated/α-hetero) is 1. The van der Waals surface area contributed by atoms with Gasteiger partial charge in [0.15, 0.2) is 6.61 Å². The number of ether oxygens (including phenoxy) is 2. The van der Waals surface area contributed by atoms with Crippen molar-refractivity contribution in [3.63, 3.8) is 0 Å². The van der Waals surface area contributed by atoms with Crippen LogP contribution in [0.2, 0.25) is 0 Å². The van der Waals surface area contributed by atoms with E-state index >= 15 is 0 Å². The maximum atomic E-state index is 13.0. The van der Waals surface area contributed by atoms with Gasteiger partial charge < -0.3 is 25.1 Å². The molecule has 0 saturated carbocycles. The molecule has 1 unspecified atom stereocenters. The third-order valence-electron chi connectivity index (χ3n) is 6.59. The van der Waals surface area contributed by atoms with Crippen molar-refractivity contribution in [3.05, 3.63) is 101 Å². The topological polar surface area (TPSA) is 130 Å². The molecule has 1 aromatic heterocycles. The van der Waals surface area contributed by atoms with Crippen LogP contribution in [-0.2, 0) is 38.5 Å². The van der Waals surface area contributed by atoms with Gasteiger partial charge in [-0.1, -0.05) is 73.7 Å². The van der Waals surface area contributed by atoms with Gasteiger partial charge in [0.25, 0.3) is 17.6 Å². The van der Waals surface area contributed by atoms with E-state index in [-0.39, 0.29) is 17.7 Å². The van der Waals surface area contributed by atoms with Crippen LogP contribution in [0.15, 0.2) is 78.9 Å². The Labute approximate surface area is 231 Å². The number of fused-ring (bicyclic) bond motifs is 1. The average Bonchev–Trinajstić information content (AvgIpc) is 3.29. The second-order valence-corrected chi connectivity index (χ2v) is 9.21. The van der Waals surface area contributed by atoms with Crippen molar-refractivity contribution in [2.45, 2.75) is 32.4 Å². The van der Waals surface area contributed by atoms with E-state index in [1.165, 1.54) is 7.11 Å². The van der Waals surface area contributed by atoms with E-state index in [4.69, 9.17) is 15.2 Å². The maximum absolute atomic E-state index is 13.0. The number of hydrogen-bond acceptors (Lipinski definition) is 6. The average molecular weight is 542 g/mol. The number of primary amides is 1. The first-order chi connectivity index (χ1) is 19.3. The zero-order valence-corrected chi connectivity index (χ0v) is 22.4. The highest BCUT2D eigenvalue weighted by Gasteiger charge is 2.28. The van der Waals surface area contributed by atoms with Crippen molar-refractivity contribution in [2.24, 2.45) is 5.73 Å². The van der Waals surface area contributed by atoms with Crippen LogP contribution in [0.5, 0.6) is 5.75 Å². The highest BCUT2D eigenvalue weighted by atomic mass is 16.5. The molecule has 3 N–H and O–H groups in total. The minimum absolute atomic E-state index is 0.161. The molecule has 9 nitrogen and oxygen atoms in total. The minimum atomic E-state index is -1.08. The Morgan fingerprint density at radius 3 is 2.15 bits per heavy atom. The summed E-state index contributed by atoms with van der Waals surface area (Å²) >= 11 is 0. The Kier molecular flexibility index (Phi) is 8.96. The van der Waals surface area contributed by atoms with Gasteiger partial charge in [-0.15, -0.1) is 0 Å². The van der Waals surface area contributed by atoms with Gasteiger partial charge >= 0.3 is 5.97 Å². The number of carbonyl (C=O) groups is 4. The van der Waals surface area contributed by atoms with E-state index in [1.54, 1.807) is 12.1 Å². The fraction of sp³-hybridized carbons (Fsp3) is 0.226. The SMILES string of the molecule is CCc1c(C(=O)C(N)=O)c2c(OCC(=O)NC(Cc3ccccc3)C(=O)OC)cccc2n1Cc1ccccc1. The molecule has 0 saturated heterocycles. The van der Waals surface area contributed by atoms with Crippen LogP contribution in [0, 0.1) is 0 Å². The normalized spacial score (nSPS) is 11.6. The van der Waals surface area contributed by atoms with Crippen molar-refractivity contribution < 1.29 is 28.7 Å². The lowest BCUT2D eigenvalue weighted by molar-refractivity contribution is -0.145. The largest absolute Gasteiger partial charge is 0.483 e. The molecule has 0 bridgehead atoms. The quantitative estimate of drug-likeness (QED) is 0.161. The number of nitrogens with zero attached hydrogens (tertiary/aromatic N) is 1. The number of nitrogens with two attached hydrogens (primary N) is 1. The molecule has 2 amide bonds. The Morgan fingerprint density at radius 1 is 0.900 bits per heavy atom. The lowest BCUT2D eigenvalue weighted by atomic mass is 10.0. The van der Waals surface area contributed by atoms with Crippen LogP contribution >= 0.6 is 0 Å². The van der Waals surface area contributed by atoms with Crippen LogP contribution < -0.4 is 15.8 Å². The number of esters is 1. The summed E-state index contributed by atoms with van der Waals surface area (Å²) in [6, 6.07) is 23.2. The third-order valence-corrected chi connectivity index (χ3v) is 6.59. The van der Waals surface area contributed by atoms with E-state index in [0.29, 0.717) is 29.6 Å². The van der Waals surface area contributed by atoms with Gasteiger partial charge in [0.05, 0.1) is 23.6 Å². The summed E-state index contributed by atoms with van der Waals surface area (Å²) in [4.78, 5) is 50.3. The first-order valence-corrected chi connectivity index (χ1v) is 12.9. The van der Waals surface area contributed by atoms with Crippen molar-refractivity contribution in [2.75, 3.05) is 13.7 Å². The first-order valence-electron chi connectivity index (χ1n) is 12.9. The molecule has 1 heterocycles. The van der Waals surface area contributed by atoms with Crippen molar-refractivity contribution >= 4 is 34.5 Å². The molecule has 0 aliphatic carbocycles. The molecule has 40 heavy (non-hydrogen) atoms. The smallest absolute Gasteiger partial charge is 0.328 e. The van der Waals surface area contributed by atoms with E-state index in [2.05, 4.69) is 5.32 Å². The molecule has 0 fully saturated rings. The third kappa shape index (κ3) is 6.20. The molecule has 1 atom stereocenters. The Morgan fingerprint density at radius 2 is 1.55 bits per heavy atom. The summed E-state index contributed by atoms with van der Waals surface area (Å²) in [6.45, 7) is 1.91. The number of carbonyl (C=O) groups excluding carboxylic acids is 4. The summed E-state index contributed by atoms with van der Waals surface area (Å²) in [5, 5.41) is 3.07. The second kappa shape index (κ2) is 12.8. The fourth-order valence-corrected chi connectivity index (χ4v) is 4.79. The molecular weight excluding hydrogens is 510 g/mol. The number of benzene rings is 3. The van der Waals surface area contributed by atoms with Gasteiger partial charge in [0.2, 0.25) is 0 Å². The van der Waals surface area contributed by atoms with E-state index in [0.717, 1.165) is 11.1 Å². The molecule has 4 rings (SSSR count). The number of ketones is 1. The number of aromatic nitrogens is 1. The Bertz CT molecular complexity index is 1530. The van der Waals surface area contributed by atoms with Crippen LogP contribution in [0.1, 0.15) is 34.1 Å². The standard InChI is InChI=1S/C31H31N3O6/c1-3-23-28(29(36)30(32)37)27-24(34(23)18-21-13-8-5-9-14-21)15-10-16-25(27)40-19-26(35)33-22(31(38)39-2)17-20-11-6-4-7-12-20/h4-16,22H,3,17-19H2,1-2H3,(H2,32,37)(H,33,35). The van der Waals surface area contributed by atoms with Crippen LogP contribution in [0.3, 0.4) is 0 Å². The first kappa shape index (κ1) is 28.1. The molecular formula is C31H31N3O6. The van der Waals surface area contributed by atoms with Gasteiger partial charge in [-0.25, -0.2) is 4.79 Å².